The van der Waals surface area contributed by atoms with E-state index in [1.165, 1.54) is 40.0 Å². The summed E-state index contributed by atoms with van der Waals surface area (Å²) in [6.45, 7) is 0. The van der Waals surface area contributed by atoms with Gasteiger partial charge in [0.15, 0.2) is 0 Å². The molecular formula is C26H21F3. The van der Waals surface area contributed by atoms with Crippen LogP contribution < -0.4 is 0 Å². The van der Waals surface area contributed by atoms with E-state index in [1.807, 2.05) is 18.2 Å². The standard InChI is InChI=1S/C26H21F3/c27-26(28,29)20-11-13-22-18(15-20)10-12-24-23-9-5-4-8-21(23)19(16-25(22)24)14-17-6-2-1-3-7-17/h1-3,5-7,9-13,15,19H,4,8,14,16H2. The van der Waals surface area contributed by atoms with Gasteiger partial charge in [-0.2, -0.15) is 13.2 Å². The van der Waals surface area contributed by atoms with Crippen LogP contribution in [0, 0.1) is 5.92 Å². The molecule has 0 radical (unpaired) electrons. The lowest BCUT2D eigenvalue weighted by atomic mass is 9.72. The van der Waals surface area contributed by atoms with Crippen LogP contribution in [-0.2, 0) is 19.0 Å². The Morgan fingerprint density at radius 3 is 2.55 bits per heavy atom. The number of hydrogen-bond acceptors (Lipinski definition) is 0. The van der Waals surface area contributed by atoms with E-state index in [9.17, 15) is 13.2 Å². The van der Waals surface area contributed by atoms with Gasteiger partial charge in [0, 0.05) is 0 Å². The van der Waals surface area contributed by atoms with Gasteiger partial charge in [-0.15, -0.1) is 0 Å². The number of benzene rings is 3. The van der Waals surface area contributed by atoms with E-state index in [0.29, 0.717) is 11.3 Å². The predicted molar refractivity (Wildman–Crippen MR) is 112 cm³/mol. The van der Waals surface area contributed by atoms with Crippen LogP contribution in [0.25, 0.3) is 16.3 Å². The Bertz CT molecular complexity index is 1130. The highest BCUT2D eigenvalue weighted by Gasteiger charge is 2.32. The summed E-state index contributed by atoms with van der Waals surface area (Å²) in [6.07, 6.45) is 4.07. The second-order valence-corrected chi connectivity index (χ2v) is 8.00. The normalized spacial score (nSPS) is 18.7. The molecule has 0 amide bonds. The van der Waals surface area contributed by atoms with E-state index in [4.69, 9.17) is 0 Å². The quantitative estimate of drug-likeness (QED) is 0.428. The van der Waals surface area contributed by atoms with Crippen molar-refractivity contribution >= 4 is 16.3 Å². The Labute approximate surface area is 168 Å². The summed E-state index contributed by atoms with van der Waals surface area (Å²) in [6, 6.07) is 18.5. The zero-order valence-electron chi connectivity index (χ0n) is 16.0. The van der Waals surface area contributed by atoms with Crippen molar-refractivity contribution in [1.82, 2.24) is 0 Å². The molecule has 1 atom stereocenters. The Morgan fingerprint density at radius 2 is 1.76 bits per heavy atom. The van der Waals surface area contributed by atoms with Gasteiger partial charge in [0.2, 0.25) is 0 Å². The molecule has 3 aromatic carbocycles. The van der Waals surface area contributed by atoms with Crippen molar-refractivity contribution in [3.05, 3.63) is 101 Å². The zero-order valence-corrected chi connectivity index (χ0v) is 16.0. The lowest BCUT2D eigenvalue weighted by Crippen LogP contribution is -2.20. The molecule has 29 heavy (non-hydrogen) atoms. The van der Waals surface area contributed by atoms with E-state index in [-0.39, 0.29) is 0 Å². The van der Waals surface area contributed by atoms with Crippen LogP contribution in [0.2, 0.25) is 0 Å². The van der Waals surface area contributed by atoms with E-state index in [2.05, 4.69) is 36.4 Å². The number of alkyl halides is 3. The summed E-state index contributed by atoms with van der Waals surface area (Å²) in [4.78, 5) is 0. The summed E-state index contributed by atoms with van der Waals surface area (Å²) in [5, 5.41) is 1.61. The predicted octanol–water partition coefficient (Wildman–Crippen LogP) is 7.38. The minimum absolute atomic E-state index is 0.387. The maximum Gasteiger partial charge on any atom is 0.416 e. The van der Waals surface area contributed by atoms with Gasteiger partial charge in [-0.05, 0) is 76.8 Å². The molecule has 0 saturated heterocycles. The fourth-order valence-electron chi connectivity index (χ4n) is 4.87. The molecule has 3 heteroatoms. The molecule has 146 valence electrons. The minimum atomic E-state index is -4.32. The Hall–Kier alpha value is -2.81. The SMILES string of the molecule is FC(F)(F)c1ccc2c3c(ccc2c1)C1=C(CCC=C1)C(Cc1ccccc1)C3. The van der Waals surface area contributed by atoms with E-state index in [0.717, 1.165) is 31.1 Å². The minimum Gasteiger partial charge on any atom is -0.166 e. The van der Waals surface area contributed by atoms with Gasteiger partial charge in [0.1, 0.15) is 0 Å². The average molecular weight is 390 g/mol. The monoisotopic (exact) mass is 390 g/mol. The summed E-state index contributed by atoms with van der Waals surface area (Å²) in [5.74, 6) is 0.387. The number of allylic oxidation sites excluding steroid dienone is 4. The number of fused-ring (bicyclic) bond motifs is 4. The van der Waals surface area contributed by atoms with Crippen LogP contribution in [0.4, 0.5) is 13.2 Å². The van der Waals surface area contributed by atoms with Gasteiger partial charge in [-0.3, -0.25) is 0 Å². The largest absolute Gasteiger partial charge is 0.416 e. The Kier molecular flexibility index (Phi) is 4.34. The van der Waals surface area contributed by atoms with Crippen molar-refractivity contribution in [1.29, 1.82) is 0 Å². The lowest BCUT2D eigenvalue weighted by molar-refractivity contribution is -0.137. The van der Waals surface area contributed by atoms with Gasteiger partial charge >= 0.3 is 6.18 Å². The van der Waals surface area contributed by atoms with Crippen molar-refractivity contribution in [2.45, 2.75) is 31.9 Å². The maximum atomic E-state index is 13.2. The fraction of sp³-hybridized carbons (Fsp3) is 0.231. The van der Waals surface area contributed by atoms with Crippen LogP contribution in [-0.4, -0.2) is 0 Å². The summed E-state index contributed by atoms with van der Waals surface area (Å²) < 4.78 is 39.5. The molecular weight excluding hydrogens is 369 g/mol. The van der Waals surface area contributed by atoms with Gasteiger partial charge in [0.05, 0.1) is 5.56 Å². The van der Waals surface area contributed by atoms with E-state index < -0.39 is 11.7 Å². The first-order valence-electron chi connectivity index (χ1n) is 10.1. The van der Waals surface area contributed by atoms with Gasteiger partial charge in [0.25, 0.3) is 0 Å². The smallest absolute Gasteiger partial charge is 0.166 e. The highest BCUT2D eigenvalue weighted by Crippen LogP contribution is 2.44. The first kappa shape index (κ1) is 18.2. The average Bonchev–Trinajstić information content (AvgIpc) is 2.73. The molecule has 0 fully saturated rings. The number of rotatable bonds is 2. The van der Waals surface area contributed by atoms with Crippen LogP contribution in [0.1, 0.15) is 35.1 Å². The molecule has 0 heterocycles. The second kappa shape index (κ2) is 6.91. The van der Waals surface area contributed by atoms with Crippen molar-refractivity contribution in [2.75, 3.05) is 0 Å². The highest BCUT2D eigenvalue weighted by atomic mass is 19.4. The molecule has 0 saturated carbocycles. The molecule has 5 rings (SSSR count). The van der Waals surface area contributed by atoms with Crippen molar-refractivity contribution in [3.63, 3.8) is 0 Å². The maximum absolute atomic E-state index is 13.2. The highest BCUT2D eigenvalue weighted by molar-refractivity contribution is 5.94. The summed E-state index contributed by atoms with van der Waals surface area (Å²) >= 11 is 0. The lowest BCUT2D eigenvalue weighted by Gasteiger charge is -2.32. The molecule has 1 unspecified atom stereocenters. The number of hydrogen-bond donors (Lipinski definition) is 0. The molecule has 2 aliphatic carbocycles. The first-order chi connectivity index (χ1) is 14.0. The number of halogens is 3. The summed E-state index contributed by atoms with van der Waals surface area (Å²) in [5.41, 5.74) is 5.87. The first-order valence-corrected chi connectivity index (χ1v) is 10.1. The summed E-state index contributed by atoms with van der Waals surface area (Å²) in [7, 11) is 0. The Balaban J connectivity index is 1.64. The molecule has 0 spiro atoms. The van der Waals surface area contributed by atoms with Crippen molar-refractivity contribution in [2.24, 2.45) is 5.92 Å². The third kappa shape index (κ3) is 3.29. The third-order valence-electron chi connectivity index (χ3n) is 6.23. The van der Waals surface area contributed by atoms with Crippen LogP contribution >= 0.6 is 0 Å². The van der Waals surface area contributed by atoms with Crippen LogP contribution in [0.3, 0.4) is 0 Å². The van der Waals surface area contributed by atoms with Crippen LogP contribution in [0.5, 0.6) is 0 Å². The zero-order chi connectivity index (χ0) is 20.0. The molecule has 0 N–H and O–H groups in total. The van der Waals surface area contributed by atoms with Gasteiger partial charge in [-0.25, -0.2) is 0 Å². The molecule has 2 aliphatic rings. The topological polar surface area (TPSA) is 0 Å². The Morgan fingerprint density at radius 1 is 0.931 bits per heavy atom. The molecule has 0 nitrogen and oxygen atoms in total. The van der Waals surface area contributed by atoms with E-state index in [1.54, 1.807) is 6.07 Å². The molecule has 0 aliphatic heterocycles. The van der Waals surface area contributed by atoms with Gasteiger partial charge in [-0.1, -0.05) is 66.3 Å². The fourth-order valence-corrected chi connectivity index (χ4v) is 4.87. The second-order valence-electron chi connectivity index (χ2n) is 8.00. The molecule has 0 aromatic heterocycles. The van der Waals surface area contributed by atoms with E-state index >= 15 is 0 Å². The third-order valence-corrected chi connectivity index (χ3v) is 6.23. The van der Waals surface area contributed by atoms with Crippen LogP contribution in [0.15, 0.2) is 78.4 Å². The molecule has 3 aromatic rings. The van der Waals surface area contributed by atoms with Crippen molar-refractivity contribution < 1.29 is 13.2 Å². The van der Waals surface area contributed by atoms with Crippen molar-refractivity contribution in [3.8, 4) is 0 Å². The van der Waals surface area contributed by atoms with Gasteiger partial charge < -0.3 is 0 Å². The molecule has 0 bridgehead atoms.